The molecule has 0 N–H and O–H groups in total. The molecule has 0 unspecified atom stereocenters. The van der Waals surface area contributed by atoms with Crippen LogP contribution >= 0.6 is 0 Å². The number of rotatable bonds is 7. The van der Waals surface area contributed by atoms with Gasteiger partial charge < -0.3 is 9.47 Å². The summed E-state index contributed by atoms with van der Waals surface area (Å²) >= 11 is 0. The minimum atomic E-state index is -0.766. The molecule has 5 heteroatoms. The Labute approximate surface area is 189 Å². The number of benzene rings is 2. The highest BCUT2D eigenvalue weighted by molar-refractivity contribution is 5.32. The third-order valence-corrected chi connectivity index (χ3v) is 7.11. The molecule has 0 bridgehead atoms. The molecule has 2 fully saturated rings. The van der Waals surface area contributed by atoms with E-state index in [1.54, 1.807) is 12.1 Å². The molecule has 0 radical (unpaired) electrons. The van der Waals surface area contributed by atoms with Crippen LogP contribution in [0, 0.1) is 17.5 Å². The van der Waals surface area contributed by atoms with Gasteiger partial charge in [-0.25, -0.2) is 13.2 Å². The van der Waals surface area contributed by atoms with Crippen LogP contribution in [0.2, 0.25) is 0 Å². The van der Waals surface area contributed by atoms with E-state index in [-0.39, 0.29) is 35.9 Å². The average molecular weight is 447 g/mol. The van der Waals surface area contributed by atoms with Gasteiger partial charge in [0.2, 0.25) is 0 Å². The Morgan fingerprint density at radius 3 is 2.16 bits per heavy atom. The minimum Gasteiger partial charge on any atom is -0.494 e. The third kappa shape index (κ3) is 5.31. The van der Waals surface area contributed by atoms with Gasteiger partial charge in [0.1, 0.15) is 11.6 Å². The van der Waals surface area contributed by atoms with E-state index in [0.29, 0.717) is 17.9 Å². The fourth-order valence-corrected chi connectivity index (χ4v) is 5.29. The summed E-state index contributed by atoms with van der Waals surface area (Å²) < 4.78 is 55.2. The van der Waals surface area contributed by atoms with Crippen molar-refractivity contribution in [3.05, 3.63) is 64.5 Å². The van der Waals surface area contributed by atoms with Crippen molar-refractivity contribution in [1.29, 1.82) is 0 Å². The molecule has 2 aliphatic carbocycles. The molecular weight excluding hydrogens is 413 g/mol. The quantitative estimate of drug-likeness (QED) is 0.432. The van der Waals surface area contributed by atoms with Crippen molar-refractivity contribution in [2.45, 2.75) is 89.3 Å². The Morgan fingerprint density at radius 2 is 1.47 bits per heavy atom. The fraction of sp³-hybridized carbons (Fsp3) is 0.556. The van der Waals surface area contributed by atoms with Gasteiger partial charge >= 0.3 is 0 Å². The number of hydrogen-bond acceptors (Lipinski definition) is 2. The van der Waals surface area contributed by atoms with Gasteiger partial charge in [0.15, 0.2) is 11.6 Å². The van der Waals surface area contributed by atoms with E-state index in [1.165, 1.54) is 12.5 Å². The zero-order valence-corrected chi connectivity index (χ0v) is 18.8. The van der Waals surface area contributed by atoms with E-state index in [4.69, 9.17) is 9.47 Å². The predicted molar refractivity (Wildman–Crippen MR) is 120 cm³/mol. The van der Waals surface area contributed by atoms with Crippen LogP contribution in [0.25, 0.3) is 0 Å². The Bertz CT molecular complexity index is 900. The lowest BCUT2D eigenvalue weighted by atomic mass is 9.82. The highest BCUT2D eigenvalue weighted by atomic mass is 19.2. The monoisotopic (exact) mass is 446 g/mol. The summed E-state index contributed by atoms with van der Waals surface area (Å²) in [5.74, 6) is -0.864. The molecule has 0 saturated heterocycles. The topological polar surface area (TPSA) is 18.5 Å². The second-order valence-corrected chi connectivity index (χ2v) is 9.18. The predicted octanol–water partition coefficient (Wildman–Crippen LogP) is 7.79. The first-order chi connectivity index (χ1) is 15.6. The molecule has 174 valence electrons. The van der Waals surface area contributed by atoms with Crippen LogP contribution in [0.5, 0.6) is 5.75 Å². The van der Waals surface area contributed by atoms with Gasteiger partial charge in [-0.3, -0.25) is 0 Å². The number of halogens is 3. The molecule has 2 saturated carbocycles. The highest BCUT2D eigenvalue weighted by Gasteiger charge is 2.26. The van der Waals surface area contributed by atoms with E-state index in [0.717, 1.165) is 56.9 Å². The van der Waals surface area contributed by atoms with E-state index in [2.05, 4.69) is 0 Å². The Morgan fingerprint density at radius 1 is 0.781 bits per heavy atom. The Kier molecular flexibility index (Phi) is 7.77. The van der Waals surface area contributed by atoms with Crippen molar-refractivity contribution in [2.75, 3.05) is 6.61 Å². The standard InChI is InChI=1S/C27H33F3O2/c1-2-31-22-13-15-23(25(28)16-22)19-8-11-21(12-9-19)32-17-20-10-14-24(27(30)26(20)29)18-6-4-3-5-7-18/h10,13-16,18-19,21H,2-9,11-12,17H2,1H3. The van der Waals surface area contributed by atoms with Crippen LogP contribution < -0.4 is 4.74 Å². The van der Waals surface area contributed by atoms with Crippen molar-refractivity contribution in [3.63, 3.8) is 0 Å². The molecule has 0 heterocycles. The molecule has 2 nitrogen and oxygen atoms in total. The zero-order chi connectivity index (χ0) is 22.5. The van der Waals surface area contributed by atoms with Gasteiger partial charge in [0, 0.05) is 11.6 Å². The van der Waals surface area contributed by atoms with Gasteiger partial charge in [0.05, 0.1) is 19.3 Å². The Hall–Kier alpha value is -2.01. The lowest BCUT2D eigenvalue weighted by Crippen LogP contribution is -2.21. The summed E-state index contributed by atoms with van der Waals surface area (Å²) in [5.41, 5.74) is 1.52. The molecule has 0 spiro atoms. The van der Waals surface area contributed by atoms with E-state index >= 15 is 0 Å². The van der Waals surface area contributed by atoms with Crippen molar-refractivity contribution in [3.8, 4) is 5.75 Å². The molecule has 2 aromatic rings. The number of ether oxygens (including phenoxy) is 2. The lowest BCUT2D eigenvalue weighted by molar-refractivity contribution is 0.0116. The second-order valence-electron chi connectivity index (χ2n) is 9.18. The summed E-state index contributed by atoms with van der Waals surface area (Å²) in [6, 6.07) is 8.52. The van der Waals surface area contributed by atoms with Gasteiger partial charge in [-0.2, -0.15) is 0 Å². The van der Waals surface area contributed by atoms with Crippen molar-refractivity contribution in [1.82, 2.24) is 0 Å². The molecular formula is C27H33F3O2. The van der Waals surface area contributed by atoms with Crippen molar-refractivity contribution in [2.24, 2.45) is 0 Å². The summed E-state index contributed by atoms with van der Waals surface area (Å²) in [7, 11) is 0. The first-order valence-electron chi connectivity index (χ1n) is 12.1. The molecule has 0 amide bonds. The molecule has 0 aliphatic heterocycles. The minimum absolute atomic E-state index is 0.0162. The van der Waals surface area contributed by atoms with Crippen molar-refractivity contribution < 1.29 is 22.6 Å². The Balaban J connectivity index is 1.31. The smallest absolute Gasteiger partial charge is 0.164 e. The van der Waals surface area contributed by atoms with Crippen LogP contribution in [-0.2, 0) is 11.3 Å². The van der Waals surface area contributed by atoms with Gasteiger partial charge in [-0.1, -0.05) is 37.5 Å². The largest absolute Gasteiger partial charge is 0.494 e. The van der Waals surface area contributed by atoms with Crippen LogP contribution in [-0.4, -0.2) is 12.7 Å². The fourth-order valence-electron chi connectivity index (χ4n) is 5.29. The van der Waals surface area contributed by atoms with Gasteiger partial charge in [-0.05, 0) is 74.5 Å². The zero-order valence-electron chi connectivity index (χ0n) is 18.8. The summed E-state index contributed by atoms with van der Waals surface area (Å²) in [6.45, 7) is 2.45. The van der Waals surface area contributed by atoms with Crippen molar-refractivity contribution >= 4 is 0 Å². The summed E-state index contributed by atoms with van der Waals surface area (Å²) in [4.78, 5) is 0. The third-order valence-electron chi connectivity index (χ3n) is 7.11. The van der Waals surface area contributed by atoms with Crippen LogP contribution in [0.1, 0.15) is 93.2 Å². The maximum atomic E-state index is 14.7. The van der Waals surface area contributed by atoms with Gasteiger partial charge in [0.25, 0.3) is 0 Å². The molecule has 2 aliphatic rings. The summed E-state index contributed by atoms with van der Waals surface area (Å²) in [6.07, 6.45) is 8.38. The van der Waals surface area contributed by atoms with Gasteiger partial charge in [-0.15, -0.1) is 0 Å². The van der Waals surface area contributed by atoms with Crippen LogP contribution in [0.4, 0.5) is 13.2 Å². The van der Waals surface area contributed by atoms with E-state index < -0.39 is 11.6 Å². The SMILES string of the molecule is CCOc1ccc(C2CCC(OCc3ccc(C4CCCCC4)c(F)c3F)CC2)c(F)c1. The van der Waals surface area contributed by atoms with E-state index in [9.17, 15) is 13.2 Å². The lowest BCUT2D eigenvalue weighted by Gasteiger charge is -2.29. The van der Waals surface area contributed by atoms with Crippen LogP contribution in [0.3, 0.4) is 0 Å². The highest BCUT2D eigenvalue weighted by Crippen LogP contribution is 2.37. The summed E-state index contributed by atoms with van der Waals surface area (Å²) in [5, 5.41) is 0. The maximum absolute atomic E-state index is 14.7. The normalized spacial score (nSPS) is 22.1. The molecule has 2 aromatic carbocycles. The molecule has 4 rings (SSSR count). The maximum Gasteiger partial charge on any atom is 0.164 e. The van der Waals surface area contributed by atoms with Crippen LogP contribution in [0.15, 0.2) is 30.3 Å². The molecule has 0 atom stereocenters. The number of hydrogen-bond donors (Lipinski definition) is 0. The first kappa shape index (κ1) is 23.2. The molecule has 32 heavy (non-hydrogen) atoms. The average Bonchev–Trinajstić information content (AvgIpc) is 2.81. The van der Waals surface area contributed by atoms with E-state index in [1.807, 2.05) is 19.1 Å². The molecule has 0 aromatic heterocycles. The first-order valence-corrected chi connectivity index (χ1v) is 12.1. The second kappa shape index (κ2) is 10.7.